The van der Waals surface area contributed by atoms with Crippen LogP contribution in [0, 0.1) is 0 Å². The maximum atomic E-state index is 10.6. The van der Waals surface area contributed by atoms with Gasteiger partial charge < -0.3 is 5.11 Å². The highest BCUT2D eigenvalue weighted by atomic mass is 35.5. The van der Waals surface area contributed by atoms with Crippen molar-refractivity contribution in [2.75, 3.05) is 0 Å². The molecule has 1 atom stereocenters. The fourth-order valence-corrected chi connectivity index (χ4v) is 1.90. The maximum absolute atomic E-state index is 10.6. The fraction of sp³-hybridized carbons (Fsp3) is 0.417. The molecule has 1 rings (SSSR count). The predicted molar refractivity (Wildman–Crippen MR) is 61.5 cm³/mol. The minimum absolute atomic E-state index is 0.0103. The Balaban J connectivity index is 2.99. The van der Waals surface area contributed by atoms with Crippen LogP contribution in [0.4, 0.5) is 0 Å². The zero-order valence-corrected chi connectivity index (χ0v) is 9.71. The van der Waals surface area contributed by atoms with E-state index in [1.54, 1.807) is 0 Å². The molecule has 0 heterocycles. The number of halogens is 1. The number of carboxylic acid groups (broad SMARTS) is 1. The van der Waals surface area contributed by atoms with Crippen LogP contribution in [0.1, 0.15) is 37.3 Å². The number of aliphatic carboxylic acids is 1. The van der Waals surface area contributed by atoms with Crippen LogP contribution in [0.2, 0.25) is 5.02 Å². The van der Waals surface area contributed by atoms with Gasteiger partial charge in [-0.1, -0.05) is 31.5 Å². The lowest BCUT2D eigenvalue weighted by molar-refractivity contribution is -0.137. The summed E-state index contributed by atoms with van der Waals surface area (Å²) in [4.78, 5) is 10.6. The number of rotatable bonds is 4. The van der Waals surface area contributed by atoms with Crippen molar-refractivity contribution in [3.8, 4) is 0 Å². The average molecular weight is 227 g/mol. The first-order valence-electron chi connectivity index (χ1n) is 5.04. The van der Waals surface area contributed by atoms with Gasteiger partial charge in [-0.05, 0) is 35.6 Å². The van der Waals surface area contributed by atoms with Crippen molar-refractivity contribution in [1.29, 1.82) is 0 Å². The van der Waals surface area contributed by atoms with Gasteiger partial charge >= 0.3 is 5.97 Å². The molecule has 1 aromatic rings. The van der Waals surface area contributed by atoms with Gasteiger partial charge in [0.25, 0.3) is 0 Å². The van der Waals surface area contributed by atoms with Crippen LogP contribution >= 0.6 is 11.6 Å². The topological polar surface area (TPSA) is 37.3 Å². The van der Waals surface area contributed by atoms with Gasteiger partial charge in [0.1, 0.15) is 0 Å². The molecular weight excluding hydrogens is 212 g/mol. The lowest BCUT2D eigenvalue weighted by Gasteiger charge is -2.14. The number of benzene rings is 1. The highest BCUT2D eigenvalue weighted by Gasteiger charge is 2.13. The van der Waals surface area contributed by atoms with Crippen molar-refractivity contribution < 1.29 is 9.90 Å². The summed E-state index contributed by atoms with van der Waals surface area (Å²) in [5.74, 6) is -0.763. The molecule has 0 aromatic heterocycles. The van der Waals surface area contributed by atoms with Crippen molar-refractivity contribution in [1.82, 2.24) is 0 Å². The summed E-state index contributed by atoms with van der Waals surface area (Å²) in [7, 11) is 0. The van der Waals surface area contributed by atoms with Gasteiger partial charge in [0, 0.05) is 5.02 Å². The summed E-state index contributed by atoms with van der Waals surface area (Å²) < 4.78 is 0. The summed E-state index contributed by atoms with van der Waals surface area (Å²) in [6.07, 6.45) is 1.05. The Morgan fingerprint density at radius 1 is 1.53 bits per heavy atom. The summed E-state index contributed by atoms with van der Waals surface area (Å²) in [5, 5.41) is 9.41. The first-order valence-corrected chi connectivity index (χ1v) is 5.42. The zero-order chi connectivity index (χ0) is 11.4. The molecule has 0 radical (unpaired) electrons. The molecule has 82 valence electrons. The van der Waals surface area contributed by atoms with E-state index < -0.39 is 5.97 Å². The Morgan fingerprint density at radius 2 is 2.20 bits per heavy atom. The van der Waals surface area contributed by atoms with Gasteiger partial charge in [-0.15, -0.1) is 0 Å². The van der Waals surface area contributed by atoms with Crippen molar-refractivity contribution in [3.63, 3.8) is 0 Å². The van der Waals surface area contributed by atoms with Crippen LogP contribution in [0.25, 0.3) is 0 Å². The van der Waals surface area contributed by atoms with E-state index in [2.05, 4.69) is 6.92 Å². The van der Waals surface area contributed by atoms with Crippen LogP contribution in [-0.2, 0) is 11.2 Å². The predicted octanol–water partition coefficient (Wildman–Crippen LogP) is 3.48. The summed E-state index contributed by atoms with van der Waals surface area (Å²) in [6, 6.07) is 5.68. The van der Waals surface area contributed by atoms with E-state index in [1.807, 2.05) is 25.1 Å². The number of carboxylic acids is 1. The highest BCUT2D eigenvalue weighted by Crippen LogP contribution is 2.26. The minimum atomic E-state index is -0.774. The molecule has 1 aromatic carbocycles. The second kappa shape index (κ2) is 5.17. The average Bonchev–Trinajstić information content (AvgIpc) is 2.16. The summed E-state index contributed by atoms with van der Waals surface area (Å²) in [6.45, 7) is 3.97. The molecule has 3 heteroatoms. The van der Waals surface area contributed by atoms with Crippen LogP contribution in [-0.4, -0.2) is 11.1 Å². The molecule has 0 spiro atoms. The van der Waals surface area contributed by atoms with Gasteiger partial charge in [0.2, 0.25) is 0 Å². The molecule has 15 heavy (non-hydrogen) atoms. The number of carbonyl (C=O) groups is 1. The normalized spacial score (nSPS) is 12.5. The van der Waals surface area contributed by atoms with Crippen molar-refractivity contribution in [2.45, 2.75) is 32.6 Å². The Kier molecular flexibility index (Phi) is 4.15. The van der Waals surface area contributed by atoms with Crippen LogP contribution < -0.4 is 0 Å². The summed E-state index contributed by atoms with van der Waals surface area (Å²) in [5.41, 5.74) is 2.22. The van der Waals surface area contributed by atoms with Crippen LogP contribution in [0.3, 0.4) is 0 Å². The Hall–Kier alpha value is -1.02. The number of hydrogen-bond donors (Lipinski definition) is 1. The molecular formula is C12H15ClO2. The van der Waals surface area contributed by atoms with Gasteiger partial charge in [0.15, 0.2) is 0 Å². The molecule has 0 bridgehead atoms. The first-order chi connectivity index (χ1) is 7.04. The molecule has 2 nitrogen and oxygen atoms in total. The lowest BCUT2D eigenvalue weighted by atomic mass is 9.92. The molecule has 1 unspecified atom stereocenters. The van der Waals surface area contributed by atoms with Crippen molar-refractivity contribution in [3.05, 3.63) is 34.3 Å². The minimum Gasteiger partial charge on any atom is -0.481 e. The quantitative estimate of drug-likeness (QED) is 0.854. The second-order valence-corrected chi connectivity index (χ2v) is 4.13. The Bertz CT molecular complexity index is 361. The zero-order valence-electron chi connectivity index (χ0n) is 8.96. The summed E-state index contributed by atoms with van der Waals surface area (Å²) >= 11 is 5.91. The van der Waals surface area contributed by atoms with E-state index in [1.165, 1.54) is 5.56 Å². The van der Waals surface area contributed by atoms with E-state index in [4.69, 9.17) is 16.7 Å². The Morgan fingerprint density at radius 3 is 2.73 bits per heavy atom. The third-order valence-electron chi connectivity index (χ3n) is 2.50. The largest absolute Gasteiger partial charge is 0.481 e. The maximum Gasteiger partial charge on any atom is 0.303 e. The van der Waals surface area contributed by atoms with Gasteiger partial charge in [-0.25, -0.2) is 0 Å². The van der Waals surface area contributed by atoms with Gasteiger partial charge in [-0.3, -0.25) is 4.79 Å². The second-order valence-electron chi connectivity index (χ2n) is 3.70. The van der Waals surface area contributed by atoms with E-state index in [0.717, 1.165) is 12.0 Å². The molecule has 0 aliphatic carbocycles. The van der Waals surface area contributed by atoms with Crippen LogP contribution in [0.15, 0.2) is 18.2 Å². The SMILES string of the molecule is CCc1ccc(Cl)cc1C(C)CC(=O)O. The molecule has 0 amide bonds. The van der Waals surface area contributed by atoms with Gasteiger partial charge in [-0.2, -0.15) is 0 Å². The molecule has 0 aliphatic rings. The Labute approximate surface area is 94.9 Å². The standard InChI is InChI=1S/C12H15ClO2/c1-3-9-4-5-10(13)7-11(9)8(2)6-12(14)15/h4-5,7-8H,3,6H2,1-2H3,(H,14,15). The molecule has 1 N–H and O–H groups in total. The monoisotopic (exact) mass is 226 g/mol. The highest BCUT2D eigenvalue weighted by molar-refractivity contribution is 6.30. The third-order valence-corrected chi connectivity index (χ3v) is 2.74. The molecule has 0 saturated carbocycles. The third kappa shape index (κ3) is 3.24. The smallest absolute Gasteiger partial charge is 0.303 e. The van der Waals surface area contributed by atoms with E-state index in [9.17, 15) is 4.79 Å². The van der Waals surface area contributed by atoms with Crippen LogP contribution in [0.5, 0.6) is 0 Å². The molecule has 0 saturated heterocycles. The lowest BCUT2D eigenvalue weighted by Crippen LogP contribution is -2.05. The van der Waals surface area contributed by atoms with E-state index >= 15 is 0 Å². The van der Waals surface area contributed by atoms with Gasteiger partial charge in [0.05, 0.1) is 6.42 Å². The number of hydrogen-bond acceptors (Lipinski definition) is 1. The van der Waals surface area contributed by atoms with E-state index in [0.29, 0.717) is 5.02 Å². The molecule has 0 aliphatic heterocycles. The fourth-order valence-electron chi connectivity index (χ4n) is 1.72. The van der Waals surface area contributed by atoms with E-state index in [-0.39, 0.29) is 12.3 Å². The van der Waals surface area contributed by atoms with Crippen molar-refractivity contribution >= 4 is 17.6 Å². The molecule has 0 fully saturated rings. The van der Waals surface area contributed by atoms with Crippen molar-refractivity contribution in [2.24, 2.45) is 0 Å². The number of aryl methyl sites for hydroxylation is 1. The first kappa shape index (κ1) is 12.1.